The molecular formula is C60H34N2O2. The van der Waals surface area contributed by atoms with Crippen LogP contribution in [0, 0.1) is 12.1 Å². The normalized spacial score (nSPS) is 11.9. The van der Waals surface area contributed by atoms with Gasteiger partial charge in [0, 0.05) is 49.1 Å². The van der Waals surface area contributed by atoms with Gasteiger partial charge in [0.15, 0.2) is 0 Å². The molecule has 296 valence electrons. The van der Waals surface area contributed by atoms with Gasteiger partial charge >= 0.3 is 0 Å². The Kier molecular flexibility index (Phi) is 7.28. The minimum atomic E-state index is 0.815. The summed E-state index contributed by atoms with van der Waals surface area (Å²) in [5, 5.41) is 9.13. The molecule has 4 heterocycles. The second-order valence-electron chi connectivity index (χ2n) is 16.7. The molecule has 14 aromatic rings. The Labute approximate surface area is 367 Å². The van der Waals surface area contributed by atoms with Crippen LogP contribution in [0.25, 0.3) is 132 Å². The van der Waals surface area contributed by atoms with E-state index in [0.717, 1.165) is 88.6 Å². The quantitative estimate of drug-likeness (QED) is 0.173. The van der Waals surface area contributed by atoms with Crippen LogP contribution in [-0.2, 0) is 0 Å². The van der Waals surface area contributed by atoms with Crippen molar-refractivity contribution in [3.63, 3.8) is 0 Å². The molecule has 0 N–H and O–H groups in total. The van der Waals surface area contributed by atoms with Crippen molar-refractivity contribution in [1.82, 2.24) is 9.13 Å². The zero-order valence-electron chi connectivity index (χ0n) is 34.3. The molecule has 0 aliphatic rings. The van der Waals surface area contributed by atoms with Gasteiger partial charge in [0.25, 0.3) is 0 Å². The topological polar surface area (TPSA) is 36.1 Å². The molecule has 0 bridgehead atoms. The summed E-state index contributed by atoms with van der Waals surface area (Å²) in [4.78, 5) is 0. The predicted octanol–water partition coefficient (Wildman–Crippen LogP) is 16.3. The predicted molar refractivity (Wildman–Crippen MR) is 264 cm³/mol. The SMILES string of the molecule is c1ccc2oc3ccc(-c4cc(-c5ccc(-c6ccc7oc8ccc(-n9c%10ccccc%10c%10ccccc%109)cc8c7c6)cc5)cc(-n5c6ccccc6c6ccccc65)c4)cc3c2c#1. The molecule has 10 aromatic carbocycles. The molecule has 4 aromatic heterocycles. The fourth-order valence-electron chi connectivity index (χ4n) is 10.2. The highest BCUT2D eigenvalue weighted by Gasteiger charge is 2.18. The van der Waals surface area contributed by atoms with Crippen LogP contribution >= 0.6 is 0 Å². The fraction of sp³-hybridized carbons (Fsp3) is 0. The maximum absolute atomic E-state index is 6.43. The van der Waals surface area contributed by atoms with Crippen molar-refractivity contribution in [3.05, 3.63) is 218 Å². The molecule has 0 fully saturated rings. The van der Waals surface area contributed by atoms with Gasteiger partial charge in [-0.1, -0.05) is 121 Å². The van der Waals surface area contributed by atoms with Crippen LogP contribution in [0.5, 0.6) is 0 Å². The third kappa shape index (κ3) is 5.19. The second-order valence-corrected chi connectivity index (χ2v) is 16.7. The number of aromatic nitrogens is 2. The van der Waals surface area contributed by atoms with Crippen LogP contribution in [0.1, 0.15) is 0 Å². The number of nitrogens with zero attached hydrogens (tertiary/aromatic N) is 2. The summed E-state index contributed by atoms with van der Waals surface area (Å²) in [7, 11) is 0. The van der Waals surface area contributed by atoms with Gasteiger partial charge in [-0.25, -0.2) is 0 Å². The fourth-order valence-corrected chi connectivity index (χ4v) is 10.2. The van der Waals surface area contributed by atoms with Crippen molar-refractivity contribution in [2.75, 3.05) is 0 Å². The number of hydrogen-bond donors (Lipinski definition) is 0. The van der Waals surface area contributed by atoms with E-state index >= 15 is 0 Å². The van der Waals surface area contributed by atoms with Gasteiger partial charge in [0.05, 0.1) is 27.5 Å². The molecule has 4 heteroatoms. The summed E-state index contributed by atoms with van der Waals surface area (Å²) < 4.78 is 17.4. The van der Waals surface area contributed by atoms with Crippen molar-refractivity contribution in [2.24, 2.45) is 0 Å². The molecule has 0 aliphatic heterocycles. The average Bonchev–Trinajstić information content (AvgIpc) is 4.11. The van der Waals surface area contributed by atoms with E-state index in [1.165, 1.54) is 43.6 Å². The number of para-hydroxylation sites is 4. The summed E-state index contributed by atoms with van der Waals surface area (Å²) in [6.07, 6.45) is 0. The maximum atomic E-state index is 6.43. The summed E-state index contributed by atoms with van der Waals surface area (Å²) in [5.41, 5.74) is 17.1. The van der Waals surface area contributed by atoms with Crippen molar-refractivity contribution >= 4 is 87.5 Å². The van der Waals surface area contributed by atoms with Crippen LogP contribution in [0.2, 0.25) is 0 Å². The molecule has 0 saturated heterocycles. The highest BCUT2D eigenvalue weighted by molar-refractivity contribution is 6.12. The van der Waals surface area contributed by atoms with Crippen LogP contribution in [0.15, 0.2) is 215 Å². The first kappa shape index (κ1) is 34.9. The summed E-state index contributed by atoms with van der Waals surface area (Å²) in [5.74, 6) is 0. The third-order valence-electron chi connectivity index (χ3n) is 13.2. The molecule has 0 spiro atoms. The molecule has 0 radical (unpaired) electrons. The average molecular weight is 815 g/mol. The molecule has 0 saturated carbocycles. The van der Waals surface area contributed by atoms with Gasteiger partial charge < -0.3 is 18.0 Å². The minimum absolute atomic E-state index is 0.815. The van der Waals surface area contributed by atoms with Crippen LogP contribution in [-0.4, -0.2) is 9.13 Å². The van der Waals surface area contributed by atoms with E-state index in [1.54, 1.807) is 0 Å². The molecule has 0 aliphatic carbocycles. The Hall–Kier alpha value is -8.78. The number of hydrogen-bond acceptors (Lipinski definition) is 2. The Morgan fingerprint density at radius 2 is 0.734 bits per heavy atom. The van der Waals surface area contributed by atoms with Gasteiger partial charge in [-0.05, 0) is 130 Å². The van der Waals surface area contributed by atoms with Crippen LogP contribution < -0.4 is 0 Å². The smallest absolute Gasteiger partial charge is 0.144 e. The lowest BCUT2D eigenvalue weighted by molar-refractivity contribution is 0.668. The molecule has 0 atom stereocenters. The second kappa shape index (κ2) is 13.4. The monoisotopic (exact) mass is 814 g/mol. The maximum Gasteiger partial charge on any atom is 0.144 e. The van der Waals surface area contributed by atoms with Gasteiger partial charge in [-0.3, -0.25) is 0 Å². The lowest BCUT2D eigenvalue weighted by Gasteiger charge is -2.14. The Balaban J connectivity index is 0.895. The molecule has 0 unspecified atom stereocenters. The molecular weight excluding hydrogens is 781 g/mol. The lowest BCUT2D eigenvalue weighted by Crippen LogP contribution is -1.96. The molecule has 64 heavy (non-hydrogen) atoms. The van der Waals surface area contributed by atoms with E-state index in [4.69, 9.17) is 8.83 Å². The highest BCUT2D eigenvalue weighted by Crippen LogP contribution is 2.40. The first-order valence-corrected chi connectivity index (χ1v) is 21.6. The molecule has 0 amide bonds. The number of benzene rings is 9. The minimum Gasteiger partial charge on any atom is -0.456 e. The summed E-state index contributed by atoms with van der Waals surface area (Å²) >= 11 is 0. The van der Waals surface area contributed by atoms with E-state index < -0.39 is 0 Å². The van der Waals surface area contributed by atoms with E-state index in [-0.39, 0.29) is 0 Å². The highest BCUT2D eigenvalue weighted by atomic mass is 16.3. The van der Waals surface area contributed by atoms with Gasteiger partial charge in [-0.15, -0.1) is 0 Å². The van der Waals surface area contributed by atoms with Gasteiger partial charge in [0.1, 0.15) is 22.3 Å². The Morgan fingerprint density at radius 1 is 0.297 bits per heavy atom. The van der Waals surface area contributed by atoms with E-state index in [2.05, 4.69) is 215 Å². The van der Waals surface area contributed by atoms with Crippen molar-refractivity contribution in [1.29, 1.82) is 0 Å². The van der Waals surface area contributed by atoms with Gasteiger partial charge in [0.2, 0.25) is 0 Å². The number of furan rings is 2. The first-order valence-electron chi connectivity index (χ1n) is 21.6. The van der Waals surface area contributed by atoms with Crippen LogP contribution in [0.4, 0.5) is 0 Å². The molecule has 14 rings (SSSR count). The zero-order chi connectivity index (χ0) is 41.9. The number of fused-ring (bicyclic) bond motifs is 12. The van der Waals surface area contributed by atoms with E-state index in [1.807, 2.05) is 12.1 Å². The largest absolute Gasteiger partial charge is 0.456 e. The zero-order valence-corrected chi connectivity index (χ0v) is 34.3. The van der Waals surface area contributed by atoms with Crippen molar-refractivity contribution < 1.29 is 8.83 Å². The Morgan fingerprint density at radius 3 is 1.34 bits per heavy atom. The standard InChI is InChI=1S/C60H34N2O2/c1-6-16-53-45(11-1)46-12-2-7-17-54(46)61(53)43-27-30-60-52(36-43)51-34-39(25-28-59(51)64-60)37-21-23-38(24-22-37)41-31-42(40-26-29-58-50(35-40)49-15-5-10-20-57(49)63-58)33-44(32-41)62-55-18-8-3-13-47(55)48-14-4-9-19-56(48)62/h1-4,6-14,16-36H. The van der Waals surface area contributed by atoms with Crippen LogP contribution in [0.3, 0.4) is 0 Å². The lowest BCUT2D eigenvalue weighted by atomic mass is 9.95. The Bertz CT molecular complexity index is 4090. The summed E-state index contributed by atoms with van der Waals surface area (Å²) in [6.45, 7) is 0. The van der Waals surface area contributed by atoms with E-state index in [9.17, 15) is 0 Å². The van der Waals surface area contributed by atoms with Gasteiger partial charge in [-0.2, -0.15) is 0 Å². The molecule has 4 nitrogen and oxygen atoms in total. The first-order chi connectivity index (χ1) is 31.7. The van der Waals surface area contributed by atoms with Crippen molar-refractivity contribution in [3.8, 4) is 44.8 Å². The third-order valence-corrected chi connectivity index (χ3v) is 13.2. The number of rotatable bonds is 5. The van der Waals surface area contributed by atoms with Crippen molar-refractivity contribution in [2.45, 2.75) is 0 Å². The van der Waals surface area contributed by atoms with E-state index in [0.29, 0.717) is 0 Å². The summed E-state index contributed by atoms with van der Waals surface area (Å²) in [6, 6.07) is 80.4.